The molecule has 2 bridgehead atoms. The van der Waals surface area contributed by atoms with Gasteiger partial charge < -0.3 is 10.0 Å². The largest absolute Gasteiger partial charge is 0.389 e. The van der Waals surface area contributed by atoms with Gasteiger partial charge in [-0.1, -0.05) is 42.5 Å². The van der Waals surface area contributed by atoms with Gasteiger partial charge >= 0.3 is 0 Å². The summed E-state index contributed by atoms with van der Waals surface area (Å²) in [7, 11) is 2.18. The second kappa shape index (κ2) is 8.59. The van der Waals surface area contributed by atoms with Gasteiger partial charge in [-0.25, -0.2) is 0 Å². The van der Waals surface area contributed by atoms with Crippen LogP contribution >= 0.6 is 0 Å². The van der Waals surface area contributed by atoms with Crippen LogP contribution in [0, 0.1) is 11.8 Å². The van der Waals surface area contributed by atoms with Crippen molar-refractivity contribution in [2.45, 2.75) is 44.1 Å². The molecule has 0 amide bonds. The van der Waals surface area contributed by atoms with Crippen molar-refractivity contribution in [3.05, 3.63) is 72.1 Å². The Morgan fingerprint density at radius 3 is 2.68 bits per heavy atom. The number of benzene rings is 1. The lowest BCUT2D eigenvalue weighted by molar-refractivity contribution is -0.0574. The summed E-state index contributed by atoms with van der Waals surface area (Å²) in [5.74, 6) is 0.810. The van der Waals surface area contributed by atoms with Crippen molar-refractivity contribution in [2.75, 3.05) is 20.1 Å². The Labute approximate surface area is 169 Å². The average Bonchev–Trinajstić information content (AvgIpc) is 2.74. The SMILES string of the molecule is CN(CCCc1cccnc1)CC[C@]1(O)C[C@H]2CC[C@@H]1C=C2c1ccccc1. The van der Waals surface area contributed by atoms with Gasteiger partial charge in [-0.15, -0.1) is 0 Å². The van der Waals surface area contributed by atoms with Crippen LogP contribution in [0.2, 0.25) is 0 Å². The van der Waals surface area contributed by atoms with E-state index in [9.17, 15) is 5.11 Å². The van der Waals surface area contributed by atoms with E-state index in [0.29, 0.717) is 11.8 Å². The van der Waals surface area contributed by atoms with E-state index >= 15 is 0 Å². The zero-order valence-corrected chi connectivity index (χ0v) is 16.9. The molecule has 1 aromatic carbocycles. The van der Waals surface area contributed by atoms with Crippen LogP contribution in [0.1, 0.15) is 43.2 Å². The van der Waals surface area contributed by atoms with Gasteiger partial charge in [0, 0.05) is 24.9 Å². The summed E-state index contributed by atoms with van der Waals surface area (Å²) >= 11 is 0. The molecule has 0 aliphatic heterocycles. The quantitative estimate of drug-likeness (QED) is 0.732. The highest BCUT2D eigenvalue weighted by atomic mass is 16.3. The Morgan fingerprint density at radius 1 is 1.11 bits per heavy atom. The topological polar surface area (TPSA) is 36.4 Å². The minimum atomic E-state index is -0.529. The second-order valence-corrected chi connectivity index (χ2v) is 8.69. The van der Waals surface area contributed by atoms with E-state index in [1.165, 1.54) is 23.1 Å². The van der Waals surface area contributed by atoms with Gasteiger partial charge in [-0.05, 0) is 80.8 Å². The molecule has 0 unspecified atom stereocenters. The van der Waals surface area contributed by atoms with E-state index < -0.39 is 5.60 Å². The standard InChI is InChI=1S/C25H32N2O/c1-27(15-6-8-20-7-5-14-26-19-20)16-13-25(28)18-22-11-12-23(25)17-24(22)21-9-3-2-4-10-21/h2-5,7,9-10,14,17,19,22-23,28H,6,8,11-13,15-16,18H2,1H3/t22-,23-,25+/m1/s1. The van der Waals surface area contributed by atoms with E-state index in [4.69, 9.17) is 0 Å². The van der Waals surface area contributed by atoms with Crippen LogP contribution in [0.5, 0.6) is 0 Å². The minimum absolute atomic E-state index is 0.302. The average molecular weight is 377 g/mol. The molecule has 3 nitrogen and oxygen atoms in total. The lowest BCUT2D eigenvalue weighted by atomic mass is 9.61. The van der Waals surface area contributed by atoms with Gasteiger partial charge in [0.15, 0.2) is 0 Å². The van der Waals surface area contributed by atoms with Crippen LogP contribution in [0.15, 0.2) is 60.9 Å². The first kappa shape index (κ1) is 19.4. The number of aryl methyl sites for hydroxylation is 1. The molecule has 3 aliphatic carbocycles. The van der Waals surface area contributed by atoms with Crippen molar-refractivity contribution in [2.24, 2.45) is 11.8 Å². The van der Waals surface area contributed by atoms with Crippen LogP contribution in [0.4, 0.5) is 0 Å². The molecule has 1 aromatic heterocycles. The van der Waals surface area contributed by atoms with Gasteiger partial charge in [0.2, 0.25) is 0 Å². The molecule has 0 radical (unpaired) electrons. The molecule has 3 atom stereocenters. The van der Waals surface area contributed by atoms with Crippen molar-refractivity contribution in [1.29, 1.82) is 0 Å². The van der Waals surface area contributed by atoms with Gasteiger partial charge in [-0.2, -0.15) is 0 Å². The van der Waals surface area contributed by atoms with Crippen molar-refractivity contribution in [3.63, 3.8) is 0 Å². The molecular weight excluding hydrogens is 344 g/mol. The number of nitrogens with zero attached hydrogens (tertiary/aromatic N) is 2. The fourth-order valence-corrected chi connectivity index (χ4v) is 5.03. The molecule has 3 heteroatoms. The smallest absolute Gasteiger partial charge is 0.0728 e. The first-order chi connectivity index (χ1) is 13.6. The van der Waals surface area contributed by atoms with E-state index in [-0.39, 0.29) is 0 Å². The van der Waals surface area contributed by atoms with E-state index in [0.717, 1.165) is 45.2 Å². The first-order valence-electron chi connectivity index (χ1n) is 10.7. The molecule has 28 heavy (non-hydrogen) atoms. The maximum atomic E-state index is 11.4. The van der Waals surface area contributed by atoms with Gasteiger partial charge in [0.05, 0.1) is 5.60 Å². The fourth-order valence-electron chi connectivity index (χ4n) is 5.03. The van der Waals surface area contributed by atoms with Crippen molar-refractivity contribution >= 4 is 5.57 Å². The number of hydrogen-bond acceptors (Lipinski definition) is 3. The molecule has 0 saturated heterocycles. The lowest BCUT2D eigenvalue weighted by Gasteiger charge is -2.48. The second-order valence-electron chi connectivity index (χ2n) is 8.69. The molecule has 5 rings (SSSR count). The molecule has 3 aliphatic rings. The van der Waals surface area contributed by atoms with E-state index in [1.807, 2.05) is 18.5 Å². The Morgan fingerprint density at radius 2 is 1.96 bits per heavy atom. The number of pyridine rings is 1. The van der Waals surface area contributed by atoms with Crippen LogP contribution in [-0.4, -0.2) is 40.7 Å². The molecule has 148 valence electrons. The summed E-state index contributed by atoms with van der Waals surface area (Å²) in [5.41, 5.74) is 3.58. The third-order valence-electron chi connectivity index (χ3n) is 6.70. The summed E-state index contributed by atoms with van der Waals surface area (Å²) in [6.45, 7) is 2.02. The van der Waals surface area contributed by atoms with Crippen molar-refractivity contribution in [1.82, 2.24) is 9.88 Å². The summed E-state index contributed by atoms with van der Waals surface area (Å²) in [5, 5.41) is 11.4. The first-order valence-corrected chi connectivity index (χ1v) is 10.7. The number of fused-ring (bicyclic) bond motifs is 2. The highest BCUT2D eigenvalue weighted by molar-refractivity contribution is 5.69. The zero-order chi connectivity index (χ0) is 19.4. The molecule has 1 fully saturated rings. The Balaban J connectivity index is 1.30. The van der Waals surface area contributed by atoms with Crippen LogP contribution in [0.25, 0.3) is 5.57 Å². The lowest BCUT2D eigenvalue weighted by Crippen LogP contribution is -2.48. The Hall–Kier alpha value is -1.97. The molecule has 0 spiro atoms. The molecule has 1 heterocycles. The maximum Gasteiger partial charge on any atom is 0.0728 e. The third kappa shape index (κ3) is 4.37. The maximum absolute atomic E-state index is 11.4. The number of aliphatic hydroxyl groups is 1. The highest BCUT2D eigenvalue weighted by Crippen LogP contribution is 2.51. The molecule has 2 aromatic rings. The van der Waals surface area contributed by atoms with Gasteiger partial charge in [-0.3, -0.25) is 4.98 Å². The summed E-state index contributed by atoms with van der Waals surface area (Å²) in [6.07, 6.45) is 12.5. The highest BCUT2D eigenvalue weighted by Gasteiger charge is 2.46. The molecule has 1 N–H and O–H groups in total. The van der Waals surface area contributed by atoms with Crippen molar-refractivity contribution < 1.29 is 5.11 Å². The van der Waals surface area contributed by atoms with E-state index in [1.54, 1.807) is 0 Å². The summed E-state index contributed by atoms with van der Waals surface area (Å²) in [4.78, 5) is 6.56. The molecular formula is C25H32N2O. The van der Waals surface area contributed by atoms with Crippen LogP contribution in [0.3, 0.4) is 0 Å². The normalized spacial score (nSPS) is 26.5. The number of allylic oxidation sites excluding steroid dienone is 1. The third-order valence-corrected chi connectivity index (χ3v) is 6.70. The van der Waals surface area contributed by atoms with Gasteiger partial charge in [0.25, 0.3) is 0 Å². The van der Waals surface area contributed by atoms with Gasteiger partial charge in [0.1, 0.15) is 0 Å². The zero-order valence-electron chi connectivity index (χ0n) is 16.9. The predicted octanol–water partition coefficient (Wildman–Crippen LogP) is 4.58. The van der Waals surface area contributed by atoms with Crippen LogP contribution in [-0.2, 0) is 6.42 Å². The Kier molecular flexibility index (Phi) is 5.93. The number of rotatable bonds is 8. The number of aromatic nitrogens is 1. The monoisotopic (exact) mass is 376 g/mol. The molecule has 1 saturated carbocycles. The van der Waals surface area contributed by atoms with E-state index in [2.05, 4.69) is 59.4 Å². The summed E-state index contributed by atoms with van der Waals surface area (Å²) < 4.78 is 0. The predicted molar refractivity (Wildman–Crippen MR) is 115 cm³/mol. The summed E-state index contributed by atoms with van der Waals surface area (Å²) in [6, 6.07) is 14.9. The Bertz CT molecular complexity index is 789. The minimum Gasteiger partial charge on any atom is -0.389 e. The fraction of sp³-hybridized carbons (Fsp3) is 0.480. The van der Waals surface area contributed by atoms with Crippen LogP contribution < -0.4 is 0 Å². The number of hydrogen-bond donors (Lipinski definition) is 1. The van der Waals surface area contributed by atoms with Crippen molar-refractivity contribution in [3.8, 4) is 0 Å².